The molecule has 0 saturated heterocycles. The summed E-state index contributed by atoms with van der Waals surface area (Å²) in [6.07, 6.45) is 0. The van der Waals surface area contributed by atoms with Crippen molar-refractivity contribution in [2.75, 3.05) is 23.8 Å². The highest BCUT2D eigenvalue weighted by Crippen LogP contribution is 2.31. The molecule has 0 bridgehead atoms. The van der Waals surface area contributed by atoms with Crippen LogP contribution in [0.15, 0.2) is 72.8 Å². The molecule has 32 heavy (non-hydrogen) atoms. The van der Waals surface area contributed by atoms with Gasteiger partial charge in [-0.25, -0.2) is 4.90 Å². The zero-order chi connectivity index (χ0) is 22.8. The maximum atomic E-state index is 13.0. The Morgan fingerprint density at radius 3 is 2.25 bits per heavy atom. The van der Waals surface area contributed by atoms with Crippen molar-refractivity contribution in [1.82, 2.24) is 4.90 Å². The Hall–Kier alpha value is -4.26. The van der Waals surface area contributed by atoms with Crippen molar-refractivity contribution >= 4 is 35.0 Å². The van der Waals surface area contributed by atoms with Crippen molar-refractivity contribution in [1.29, 1.82) is 0 Å². The van der Waals surface area contributed by atoms with E-state index >= 15 is 0 Å². The molecule has 0 atom stereocenters. The van der Waals surface area contributed by atoms with Crippen LogP contribution in [-0.4, -0.2) is 42.1 Å². The molecule has 1 heterocycles. The Balaban J connectivity index is 1.52. The zero-order valence-corrected chi connectivity index (χ0v) is 17.7. The summed E-state index contributed by atoms with van der Waals surface area (Å²) >= 11 is 0. The van der Waals surface area contributed by atoms with Gasteiger partial charge >= 0.3 is 0 Å². The lowest BCUT2D eigenvalue weighted by atomic mass is 10.0. The van der Waals surface area contributed by atoms with Gasteiger partial charge in [-0.2, -0.15) is 0 Å². The molecular weight excluding hydrogens is 406 g/mol. The van der Waals surface area contributed by atoms with Crippen molar-refractivity contribution in [3.63, 3.8) is 0 Å². The largest absolute Gasteiger partial charge is 0.332 e. The summed E-state index contributed by atoms with van der Waals surface area (Å²) < 4.78 is 0. The molecule has 3 aromatic carbocycles. The summed E-state index contributed by atoms with van der Waals surface area (Å²) in [7, 11) is 1.51. The van der Waals surface area contributed by atoms with Crippen LogP contribution in [0.3, 0.4) is 0 Å². The fourth-order valence-corrected chi connectivity index (χ4v) is 3.64. The number of amides is 4. The molecule has 0 unspecified atom stereocenters. The lowest BCUT2D eigenvalue weighted by molar-refractivity contribution is -0.116. The van der Waals surface area contributed by atoms with Crippen molar-refractivity contribution in [3.05, 3.63) is 95.1 Å². The van der Waals surface area contributed by atoms with E-state index in [1.165, 1.54) is 30.1 Å². The predicted molar refractivity (Wildman–Crippen MR) is 121 cm³/mol. The van der Waals surface area contributed by atoms with Crippen LogP contribution in [0.2, 0.25) is 0 Å². The second-order valence-electron chi connectivity index (χ2n) is 7.57. The van der Waals surface area contributed by atoms with Gasteiger partial charge < -0.3 is 10.2 Å². The van der Waals surface area contributed by atoms with Crippen LogP contribution in [0.4, 0.5) is 11.4 Å². The smallest absolute Gasteiger partial charge is 0.266 e. The zero-order valence-electron chi connectivity index (χ0n) is 17.7. The molecule has 0 saturated carbocycles. The summed E-state index contributed by atoms with van der Waals surface area (Å²) in [5.41, 5.74) is 2.59. The number of benzene rings is 3. The lowest BCUT2D eigenvalue weighted by Crippen LogP contribution is -2.35. The number of carbonyl (C=O) groups is 4. The molecule has 0 aromatic heterocycles. The molecule has 0 spiro atoms. The standard InChI is InChI=1S/C25H21N3O4/c1-16-8-6-7-11-21(16)28-24(31)19-13-12-17(14-20(19)25(28)32)23(30)27(2)15-22(29)26-18-9-4-3-5-10-18/h3-14H,15H2,1-2H3,(H,26,29). The number of imide groups is 1. The van der Waals surface area contributed by atoms with E-state index in [9.17, 15) is 19.2 Å². The molecule has 1 N–H and O–H groups in total. The van der Waals surface area contributed by atoms with Gasteiger partial charge in [0.1, 0.15) is 0 Å². The molecule has 4 rings (SSSR count). The molecule has 0 aliphatic carbocycles. The number of aryl methyl sites for hydroxylation is 1. The Labute approximate surface area is 185 Å². The quantitative estimate of drug-likeness (QED) is 0.632. The predicted octanol–water partition coefficient (Wildman–Crippen LogP) is 3.51. The van der Waals surface area contributed by atoms with E-state index in [0.29, 0.717) is 11.4 Å². The molecule has 7 nitrogen and oxygen atoms in total. The molecule has 0 radical (unpaired) electrons. The monoisotopic (exact) mass is 427 g/mol. The molecule has 0 fully saturated rings. The van der Waals surface area contributed by atoms with Gasteiger partial charge in [-0.05, 0) is 48.9 Å². The third kappa shape index (κ3) is 3.88. The van der Waals surface area contributed by atoms with Crippen molar-refractivity contribution in [3.8, 4) is 0 Å². The van der Waals surface area contributed by atoms with Gasteiger partial charge in [-0.3, -0.25) is 19.2 Å². The van der Waals surface area contributed by atoms with Crippen LogP contribution in [-0.2, 0) is 4.79 Å². The summed E-state index contributed by atoms with van der Waals surface area (Å²) in [5, 5.41) is 2.72. The van der Waals surface area contributed by atoms with Crippen molar-refractivity contribution in [2.45, 2.75) is 6.92 Å². The number of anilines is 2. The number of para-hydroxylation sites is 2. The molecule has 7 heteroatoms. The molecule has 1 aliphatic heterocycles. The summed E-state index contributed by atoms with van der Waals surface area (Å²) in [4.78, 5) is 53.4. The Bertz CT molecular complexity index is 1240. The third-order valence-corrected chi connectivity index (χ3v) is 5.27. The second-order valence-corrected chi connectivity index (χ2v) is 7.57. The van der Waals surface area contributed by atoms with E-state index in [-0.39, 0.29) is 29.1 Å². The minimum absolute atomic E-state index is 0.160. The van der Waals surface area contributed by atoms with Crippen LogP contribution in [0.1, 0.15) is 36.6 Å². The second kappa shape index (κ2) is 8.47. The maximum absolute atomic E-state index is 13.0. The molecular formula is C25H21N3O4. The molecule has 1 aliphatic rings. The van der Waals surface area contributed by atoms with Gasteiger partial charge in [0.2, 0.25) is 5.91 Å². The van der Waals surface area contributed by atoms with Crippen LogP contribution >= 0.6 is 0 Å². The number of rotatable bonds is 5. The average Bonchev–Trinajstić information content (AvgIpc) is 3.03. The Morgan fingerprint density at radius 2 is 1.53 bits per heavy atom. The van der Waals surface area contributed by atoms with E-state index in [4.69, 9.17) is 0 Å². The fourth-order valence-electron chi connectivity index (χ4n) is 3.64. The number of nitrogens with zero attached hydrogens (tertiary/aromatic N) is 2. The normalized spacial score (nSPS) is 12.5. The van der Waals surface area contributed by atoms with Gasteiger partial charge in [-0.15, -0.1) is 0 Å². The van der Waals surface area contributed by atoms with Crippen LogP contribution in [0.5, 0.6) is 0 Å². The molecule has 4 amide bonds. The molecule has 3 aromatic rings. The first kappa shape index (κ1) is 21.0. The van der Waals surface area contributed by atoms with E-state index in [1.807, 2.05) is 25.1 Å². The first-order chi connectivity index (χ1) is 15.4. The van der Waals surface area contributed by atoms with E-state index in [0.717, 1.165) is 10.5 Å². The number of nitrogens with one attached hydrogen (secondary N) is 1. The Kier molecular flexibility index (Phi) is 5.55. The minimum Gasteiger partial charge on any atom is -0.332 e. The highest BCUT2D eigenvalue weighted by atomic mass is 16.2. The topological polar surface area (TPSA) is 86.8 Å². The highest BCUT2D eigenvalue weighted by Gasteiger charge is 2.37. The summed E-state index contributed by atoms with van der Waals surface area (Å²) in [6.45, 7) is 1.66. The van der Waals surface area contributed by atoms with Crippen molar-refractivity contribution in [2.24, 2.45) is 0 Å². The number of carbonyl (C=O) groups excluding carboxylic acids is 4. The van der Waals surface area contributed by atoms with E-state index in [2.05, 4.69) is 5.32 Å². The Morgan fingerprint density at radius 1 is 0.875 bits per heavy atom. The minimum atomic E-state index is -0.474. The van der Waals surface area contributed by atoms with Gasteiger partial charge in [-0.1, -0.05) is 36.4 Å². The van der Waals surface area contributed by atoms with Gasteiger partial charge in [0, 0.05) is 18.3 Å². The van der Waals surface area contributed by atoms with Crippen LogP contribution in [0.25, 0.3) is 0 Å². The lowest BCUT2D eigenvalue weighted by Gasteiger charge is -2.17. The fraction of sp³-hybridized carbons (Fsp3) is 0.120. The number of hydrogen-bond donors (Lipinski definition) is 1. The maximum Gasteiger partial charge on any atom is 0.266 e. The third-order valence-electron chi connectivity index (χ3n) is 5.27. The number of fused-ring (bicyclic) bond motifs is 1. The van der Waals surface area contributed by atoms with Crippen molar-refractivity contribution < 1.29 is 19.2 Å². The average molecular weight is 427 g/mol. The van der Waals surface area contributed by atoms with Crippen LogP contribution < -0.4 is 10.2 Å². The van der Waals surface area contributed by atoms with Gasteiger partial charge in [0.15, 0.2) is 0 Å². The first-order valence-corrected chi connectivity index (χ1v) is 10.1. The van der Waals surface area contributed by atoms with Crippen LogP contribution in [0, 0.1) is 6.92 Å². The van der Waals surface area contributed by atoms with E-state index in [1.54, 1.807) is 36.4 Å². The summed E-state index contributed by atoms with van der Waals surface area (Å²) in [5.74, 6) is -1.66. The molecule has 160 valence electrons. The number of hydrogen-bond acceptors (Lipinski definition) is 4. The van der Waals surface area contributed by atoms with Gasteiger partial charge in [0.25, 0.3) is 17.7 Å². The number of likely N-dealkylation sites (N-methyl/N-ethyl adjacent to an activating group) is 1. The SMILES string of the molecule is Cc1ccccc1N1C(=O)c2ccc(C(=O)N(C)CC(=O)Nc3ccccc3)cc2C1=O. The van der Waals surface area contributed by atoms with E-state index < -0.39 is 17.7 Å². The highest BCUT2D eigenvalue weighted by molar-refractivity contribution is 6.35. The first-order valence-electron chi connectivity index (χ1n) is 10.1. The van der Waals surface area contributed by atoms with Gasteiger partial charge in [0.05, 0.1) is 23.4 Å². The summed E-state index contributed by atoms with van der Waals surface area (Å²) in [6, 6.07) is 20.5.